The van der Waals surface area contributed by atoms with Crippen LogP contribution in [0.25, 0.3) is 0 Å². The summed E-state index contributed by atoms with van der Waals surface area (Å²) in [5, 5.41) is 15.8. The normalized spacial score (nSPS) is 21.8. The lowest BCUT2D eigenvalue weighted by molar-refractivity contribution is 0.172. The average Bonchev–Trinajstić information content (AvgIpc) is 3.24. The zero-order valence-corrected chi connectivity index (χ0v) is 14.4. The number of hydrogen-bond donors (Lipinski definition) is 3. The van der Waals surface area contributed by atoms with Crippen molar-refractivity contribution in [2.75, 3.05) is 13.1 Å². The summed E-state index contributed by atoms with van der Waals surface area (Å²) < 4.78 is 5.29. The molecule has 6 heteroatoms. The van der Waals surface area contributed by atoms with Crippen molar-refractivity contribution in [1.82, 2.24) is 15.5 Å². The van der Waals surface area contributed by atoms with Gasteiger partial charge in [0.25, 0.3) is 0 Å². The standard InChI is InChI=1S/C19H25N3O3/c1-14(18-8-5-9-25-18)21-19(24)20-11-16-10-17(23)13-22(16)12-15-6-3-2-4-7-15/h2-9,14,16-17,23H,10-13H2,1H3,(H2,20,21,24). The van der Waals surface area contributed by atoms with Gasteiger partial charge < -0.3 is 20.2 Å². The van der Waals surface area contributed by atoms with Gasteiger partial charge in [-0.2, -0.15) is 0 Å². The van der Waals surface area contributed by atoms with Gasteiger partial charge in [0.1, 0.15) is 5.76 Å². The number of furan rings is 1. The number of rotatable bonds is 6. The summed E-state index contributed by atoms with van der Waals surface area (Å²) in [6.45, 7) is 3.78. The third-order valence-corrected chi connectivity index (χ3v) is 4.55. The van der Waals surface area contributed by atoms with E-state index < -0.39 is 0 Å². The number of urea groups is 1. The summed E-state index contributed by atoms with van der Waals surface area (Å²) in [6, 6.07) is 13.5. The van der Waals surface area contributed by atoms with E-state index in [0.717, 1.165) is 12.3 Å². The first-order valence-corrected chi connectivity index (χ1v) is 8.65. The predicted octanol–water partition coefficient (Wildman–Crippen LogP) is 2.28. The van der Waals surface area contributed by atoms with Crippen LogP contribution in [-0.2, 0) is 6.54 Å². The maximum absolute atomic E-state index is 12.1. The Labute approximate surface area is 147 Å². The molecule has 0 aliphatic carbocycles. The zero-order valence-electron chi connectivity index (χ0n) is 14.4. The van der Waals surface area contributed by atoms with Gasteiger partial charge >= 0.3 is 6.03 Å². The van der Waals surface area contributed by atoms with Crippen LogP contribution >= 0.6 is 0 Å². The molecule has 0 spiro atoms. The summed E-state index contributed by atoms with van der Waals surface area (Å²) in [6.07, 6.45) is 1.91. The van der Waals surface area contributed by atoms with Crippen molar-refractivity contribution in [3.63, 3.8) is 0 Å². The SMILES string of the molecule is CC(NC(=O)NCC1CC(O)CN1Cc1ccccc1)c1ccco1. The first-order chi connectivity index (χ1) is 12.1. The van der Waals surface area contributed by atoms with Crippen molar-refractivity contribution in [2.24, 2.45) is 0 Å². The molecule has 2 heterocycles. The van der Waals surface area contributed by atoms with Crippen molar-refractivity contribution in [3.8, 4) is 0 Å². The molecule has 0 bridgehead atoms. The number of aliphatic hydroxyl groups excluding tert-OH is 1. The van der Waals surface area contributed by atoms with Gasteiger partial charge in [-0.25, -0.2) is 4.79 Å². The number of likely N-dealkylation sites (tertiary alicyclic amines) is 1. The van der Waals surface area contributed by atoms with Crippen molar-refractivity contribution in [2.45, 2.75) is 38.1 Å². The largest absolute Gasteiger partial charge is 0.467 e. The van der Waals surface area contributed by atoms with Gasteiger partial charge in [-0.3, -0.25) is 4.90 Å². The molecule has 3 N–H and O–H groups in total. The molecule has 3 rings (SSSR count). The van der Waals surface area contributed by atoms with E-state index in [1.807, 2.05) is 31.2 Å². The molecule has 0 saturated carbocycles. The molecule has 3 atom stereocenters. The van der Waals surface area contributed by atoms with Gasteiger partial charge in [-0.15, -0.1) is 0 Å². The van der Waals surface area contributed by atoms with Crippen LogP contribution in [-0.4, -0.2) is 41.3 Å². The summed E-state index contributed by atoms with van der Waals surface area (Å²) in [4.78, 5) is 14.3. The van der Waals surface area contributed by atoms with Gasteiger partial charge in [-0.05, 0) is 31.0 Å². The topological polar surface area (TPSA) is 77.7 Å². The Morgan fingerprint density at radius 3 is 2.84 bits per heavy atom. The van der Waals surface area contributed by atoms with Crippen LogP contribution in [0, 0.1) is 0 Å². The maximum Gasteiger partial charge on any atom is 0.315 e. The molecule has 2 aromatic rings. The Morgan fingerprint density at radius 2 is 2.12 bits per heavy atom. The monoisotopic (exact) mass is 343 g/mol. The molecule has 6 nitrogen and oxygen atoms in total. The van der Waals surface area contributed by atoms with Crippen molar-refractivity contribution < 1.29 is 14.3 Å². The fourth-order valence-corrected chi connectivity index (χ4v) is 3.25. The molecular weight excluding hydrogens is 318 g/mol. The van der Waals surface area contributed by atoms with Crippen LogP contribution in [0.2, 0.25) is 0 Å². The van der Waals surface area contributed by atoms with Crippen molar-refractivity contribution in [3.05, 3.63) is 60.1 Å². The third kappa shape index (κ3) is 4.84. The Kier molecular flexibility index (Phi) is 5.73. The minimum Gasteiger partial charge on any atom is -0.467 e. The minimum atomic E-state index is -0.347. The molecule has 1 aromatic carbocycles. The third-order valence-electron chi connectivity index (χ3n) is 4.55. The predicted molar refractivity (Wildman–Crippen MR) is 94.9 cm³/mol. The molecule has 0 radical (unpaired) electrons. The van der Waals surface area contributed by atoms with E-state index in [9.17, 15) is 9.90 Å². The van der Waals surface area contributed by atoms with Crippen LogP contribution in [0.1, 0.15) is 30.7 Å². The number of nitrogens with one attached hydrogen (secondary N) is 2. The molecule has 1 aliphatic rings. The second kappa shape index (κ2) is 8.18. The minimum absolute atomic E-state index is 0.125. The van der Waals surface area contributed by atoms with Crippen molar-refractivity contribution in [1.29, 1.82) is 0 Å². The summed E-state index contributed by atoms with van der Waals surface area (Å²) >= 11 is 0. The van der Waals surface area contributed by atoms with Crippen LogP contribution in [0.4, 0.5) is 4.79 Å². The molecule has 2 amide bonds. The van der Waals surface area contributed by atoms with E-state index in [0.29, 0.717) is 19.5 Å². The molecule has 3 unspecified atom stereocenters. The maximum atomic E-state index is 12.1. The first kappa shape index (κ1) is 17.5. The lowest BCUT2D eigenvalue weighted by atomic mass is 10.1. The quantitative estimate of drug-likeness (QED) is 0.752. The highest BCUT2D eigenvalue weighted by molar-refractivity contribution is 5.74. The summed E-state index contributed by atoms with van der Waals surface area (Å²) in [5.74, 6) is 0.720. The van der Waals surface area contributed by atoms with Gasteiger partial charge in [0, 0.05) is 25.7 Å². The number of hydrogen-bond acceptors (Lipinski definition) is 4. The molecule has 1 saturated heterocycles. The second-order valence-corrected chi connectivity index (χ2v) is 6.55. The van der Waals surface area contributed by atoms with Crippen molar-refractivity contribution >= 4 is 6.03 Å². The Bertz CT molecular complexity index is 660. The molecule has 134 valence electrons. The highest BCUT2D eigenvalue weighted by Crippen LogP contribution is 2.20. The highest BCUT2D eigenvalue weighted by atomic mass is 16.3. The summed E-state index contributed by atoms with van der Waals surface area (Å²) in [5.41, 5.74) is 1.21. The summed E-state index contributed by atoms with van der Waals surface area (Å²) in [7, 11) is 0. The average molecular weight is 343 g/mol. The smallest absolute Gasteiger partial charge is 0.315 e. The number of amides is 2. The van der Waals surface area contributed by atoms with E-state index in [1.165, 1.54) is 5.56 Å². The zero-order chi connectivity index (χ0) is 17.6. The van der Waals surface area contributed by atoms with Crippen LogP contribution < -0.4 is 10.6 Å². The van der Waals surface area contributed by atoms with E-state index in [-0.39, 0.29) is 24.2 Å². The first-order valence-electron chi connectivity index (χ1n) is 8.65. The second-order valence-electron chi connectivity index (χ2n) is 6.55. The Balaban J connectivity index is 1.49. The van der Waals surface area contributed by atoms with E-state index in [1.54, 1.807) is 12.3 Å². The molecule has 1 aromatic heterocycles. The highest BCUT2D eigenvalue weighted by Gasteiger charge is 2.31. The van der Waals surface area contributed by atoms with E-state index in [4.69, 9.17) is 4.42 Å². The molecular formula is C19H25N3O3. The number of β-amino-alcohol motifs (C(OH)–C–C–N with tert-alkyl or cyclic N) is 1. The molecule has 1 aliphatic heterocycles. The van der Waals surface area contributed by atoms with Crippen LogP contribution in [0.5, 0.6) is 0 Å². The lowest BCUT2D eigenvalue weighted by Crippen LogP contribution is -2.44. The van der Waals surface area contributed by atoms with Gasteiger partial charge in [-0.1, -0.05) is 30.3 Å². The van der Waals surface area contributed by atoms with Crippen LogP contribution in [0.3, 0.4) is 0 Å². The van der Waals surface area contributed by atoms with Gasteiger partial charge in [0.05, 0.1) is 18.4 Å². The Morgan fingerprint density at radius 1 is 1.32 bits per heavy atom. The van der Waals surface area contributed by atoms with E-state index >= 15 is 0 Å². The number of benzene rings is 1. The fourth-order valence-electron chi connectivity index (χ4n) is 3.25. The molecule has 1 fully saturated rings. The number of aliphatic hydroxyl groups is 1. The van der Waals surface area contributed by atoms with Gasteiger partial charge in [0.2, 0.25) is 0 Å². The lowest BCUT2D eigenvalue weighted by Gasteiger charge is -2.24. The fraction of sp³-hybridized carbons (Fsp3) is 0.421. The number of carbonyl (C=O) groups is 1. The number of nitrogens with zero attached hydrogens (tertiary/aromatic N) is 1. The number of carbonyl (C=O) groups excluding carboxylic acids is 1. The van der Waals surface area contributed by atoms with E-state index in [2.05, 4.69) is 27.7 Å². The Hall–Kier alpha value is -2.31. The van der Waals surface area contributed by atoms with Crippen LogP contribution in [0.15, 0.2) is 53.1 Å². The molecule has 25 heavy (non-hydrogen) atoms. The van der Waals surface area contributed by atoms with Gasteiger partial charge in [0.15, 0.2) is 0 Å².